The molecule has 88 valence electrons. The van der Waals surface area contributed by atoms with Gasteiger partial charge in [0, 0.05) is 25.2 Å². The van der Waals surface area contributed by atoms with Crippen molar-refractivity contribution in [3.8, 4) is 0 Å². The Morgan fingerprint density at radius 2 is 2.20 bits per heavy atom. The third-order valence-corrected chi connectivity index (χ3v) is 2.51. The van der Waals surface area contributed by atoms with Gasteiger partial charge in [-0.25, -0.2) is 0 Å². The van der Waals surface area contributed by atoms with Crippen LogP contribution >= 0.6 is 0 Å². The molecule has 0 aromatic carbocycles. The maximum atomic E-state index is 11.5. The van der Waals surface area contributed by atoms with Crippen molar-refractivity contribution in [1.82, 2.24) is 10.2 Å². The van der Waals surface area contributed by atoms with Gasteiger partial charge in [-0.1, -0.05) is 13.8 Å². The van der Waals surface area contributed by atoms with Gasteiger partial charge in [0.25, 0.3) is 0 Å². The number of hydrogen-bond acceptors (Lipinski definition) is 3. The molecular formula is C11H23N3O. The van der Waals surface area contributed by atoms with Gasteiger partial charge >= 0.3 is 0 Å². The van der Waals surface area contributed by atoms with E-state index in [0.717, 1.165) is 19.5 Å². The maximum absolute atomic E-state index is 11.5. The number of nitrogens with two attached hydrogens (primary N) is 1. The minimum atomic E-state index is 0.132. The number of piperazine rings is 1. The van der Waals surface area contributed by atoms with E-state index < -0.39 is 0 Å². The van der Waals surface area contributed by atoms with E-state index in [9.17, 15) is 4.79 Å². The number of amides is 1. The lowest BCUT2D eigenvalue weighted by Crippen LogP contribution is -2.56. The average molecular weight is 213 g/mol. The van der Waals surface area contributed by atoms with Gasteiger partial charge in [-0.05, 0) is 19.3 Å². The number of rotatable bonds is 4. The van der Waals surface area contributed by atoms with Crippen molar-refractivity contribution >= 4 is 5.91 Å². The Bertz CT molecular complexity index is 196. The first kappa shape index (κ1) is 12.5. The Kier molecular flexibility index (Phi) is 4.54. The van der Waals surface area contributed by atoms with E-state index in [1.54, 1.807) is 0 Å². The Hall–Kier alpha value is -0.610. The van der Waals surface area contributed by atoms with Crippen molar-refractivity contribution in [2.75, 3.05) is 19.6 Å². The molecular weight excluding hydrogens is 190 g/mol. The number of nitrogens with zero attached hydrogens (tertiary/aromatic N) is 1. The molecule has 0 radical (unpaired) electrons. The quantitative estimate of drug-likeness (QED) is 0.700. The number of carbonyl (C=O) groups is 1. The molecule has 4 nitrogen and oxygen atoms in total. The van der Waals surface area contributed by atoms with Gasteiger partial charge in [-0.15, -0.1) is 0 Å². The molecule has 0 bridgehead atoms. The van der Waals surface area contributed by atoms with Crippen LogP contribution < -0.4 is 11.1 Å². The fraction of sp³-hybridized carbons (Fsp3) is 0.909. The van der Waals surface area contributed by atoms with Crippen LogP contribution in [0.4, 0.5) is 0 Å². The van der Waals surface area contributed by atoms with E-state index in [4.69, 9.17) is 5.73 Å². The Balaban J connectivity index is 2.44. The molecule has 0 aromatic rings. The topological polar surface area (TPSA) is 58.4 Å². The fourth-order valence-electron chi connectivity index (χ4n) is 2.15. The number of carbonyl (C=O) groups excluding carboxylic acids is 1. The zero-order chi connectivity index (χ0) is 11.4. The third kappa shape index (κ3) is 4.62. The molecule has 2 unspecified atom stereocenters. The predicted octanol–water partition coefficient (Wildman–Crippen LogP) is 0.180. The van der Waals surface area contributed by atoms with Gasteiger partial charge < -0.3 is 11.1 Å². The normalized spacial score (nSPS) is 25.4. The Morgan fingerprint density at radius 3 is 2.73 bits per heavy atom. The monoisotopic (exact) mass is 213 g/mol. The highest BCUT2D eigenvalue weighted by atomic mass is 16.2. The molecule has 1 fully saturated rings. The second kappa shape index (κ2) is 5.47. The lowest BCUT2D eigenvalue weighted by atomic mass is 10.0. The number of hydrogen-bond donors (Lipinski definition) is 2. The third-order valence-electron chi connectivity index (χ3n) is 2.51. The summed E-state index contributed by atoms with van der Waals surface area (Å²) in [4.78, 5) is 13.6. The maximum Gasteiger partial charge on any atom is 0.234 e. The summed E-state index contributed by atoms with van der Waals surface area (Å²) < 4.78 is 0. The van der Waals surface area contributed by atoms with Crippen LogP contribution in [0.2, 0.25) is 0 Å². The highest BCUT2D eigenvalue weighted by Crippen LogP contribution is 2.10. The van der Waals surface area contributed by atoms with Crippen LogP contribution in [0.3, 0.4) is 0 Å². The lowest BCUT2D eigenvalue weighted by Gasteiger charge is -2.34. The first-order valence-corrected chi connectivity index (χ1v) is 5.74. The smallest absolute Gasteiger partial charge is 0.234 e. The molecule has 4 heteroatoms. The zero-order valence-corrected chi connectivity index (χ0v) is 9.99. The van der Waals surface area contributed by atoms with Crippen molar-refractivity contribution in [2.45, 2.75) is 39.3 Å². The second-order valence-corrected chi connectivity index (χ2v) is 5.07. The Labute approximate surface area is 92.2 Å². The first-order valence-electron chi connectivity index (χ1n) is 5.74. The number of nitrogens with one attached hydrogen (secondary N) is 1. The molecule has 0 aromatic heterocycles. The summed E-state index contributed by atoms with van der Waals surface area (Å²) in [5, 5.41) is 3.03. The summed E-state index contributed by atoms with van der Waals surface area (Å²) in [6, 6.07) is 0.431. The molecule has 15 heavy (non-hydrogen) atoms. The van der Waals surface area contributed by atoms with Crippen molar-refractivity contribution in [3.63, 3.8) is 0 Å². The molecule has 0 spiro atoms. The summed E-state index contributed by atoms with van der Waals surface area (Å²) in [5.74, 6) is 0.748. The van der Waals surface area contributed by atoms with Crippen molar-refractivity contribution in [2.24, 2.45) is 11.7 Å². The summed E-state index contributed by atoms with van der Waals surface area (Å²) in [5.41, 5.74) is 5.74. The second-order valence-electron chi connectivity index (χ2n) is 5.07. The van der Waals surface area contributed by atoms with E-state index in [-0.39, 0.29) is 11.9 Å². The molecule has 0 aliphatic carbocycles. The summed E-state index contributed by atoms with van der Waals surface area (Å²) in [6.45, 7) is 8.57. The van der Waals surface area contributed by atoms with E-state index in [2.05, 4.69) is 24.1 Å². The summed E-state index contributed by atoms with van der Waals surface area (Å²) in [7, 11) is 0. The molecule has 0 saturated carbocycles. The largest absolute Gasteiger partial charge is 0.351 e. The summed E-state index contributed by atoms with van der Waals surface area (Å²) >= 11 is 0. The average Bonchev–Trinajstić information content (AvgIpc) is 1.98. The fourth-order valence-corrected chi connectivity index (χ4v) is 2.15. The first-order chi connectivity index (χ1) is 6.97. The highest BCUT2D eigenvalue weighted by Gasteiger charge is 2.25. The van der Waals surface area contributed by atoms with E-state index in [1.807, 2.05) is 6.92 Å². The van der Waals surface area contributed by atoms with Gasteiger partial charge in [0.05, 0.1) is 6.54 Å². The van der Waals surface area contributed by atoms with Gasteiger partial charge in [-0.2, -0.15) is 0 Å². The predicted molar refractivity (Wildman–Crippen MR) is 61.5 cm³/mol. The van der Waals surface area contributed by atoms with Crippen LogP contribution in [0.5, 0.6) is 0 Å². The van der Waals surface area contributed by atoms with Crippen molar-refractivity contribution in [1.29, 1.82) is 0 Å². The molecule has 1 heterocycles. The van der Waals surface area contributed by atoms with Gasteiger partial charge in [-0.3, -0.25) is 9.69 Å². The molecule has 2 atom stereocenters. The minimum Gasteiger partial charge on any atom is -0.351 e. The highest BCUT2D eigenvalue weighted by molar-refractivity contribution is 5.79. The zero-order valence-electron chi connectivity index (χ0n) is 9.99. The van der Waals surface area contributed by atoms with Gasteiger partial charge in [0.2, 0.25) is 5.91 Å². The van der Waals surface area contributed by atoms with Gasteiger partial charge in [0.15, 0.2) is 0 Å². The van der Waals surface area contributed by atoms with Crippen LogP contribution in [0.1, 0.15) is 27.2 Å². The molecule has 1 rings (SSSR count). The van der Waals surface area contributed by atoms with Crippen LogP contribution in [-0.2, 0) is 4.79 Å². The summed E-state index contributed by atoms with van der Waals surface area (Å²) in [6.07, 6.45) is 1.04. The van der Waals surface area contributed by atoms with Crippen LogP contribution in [0.15, 0.2) is 0 Å². The van der Waals surface area contributed by atoms with Crippen molar-refractivity contribution < 1.29 is 4.79 Å². The molecule has 3 N–H and O–H groups in total. The van der Waals surface area contributed by atoms with E-state index in [1.165, 1.54) is 0 Å². The minimum absolute atomic E-state index is 0.132. The standard InChI is InChI=1S/C11H23N3O/c1-8(2)4-10-6-14(5-9(3)12)7-11(15)13-10/h8-10H,4-7,12H2,1-3H3,(H,13,15). The van der Waals surface area contributed by atoms with Crippen LogP contribution in [0.25, 0.3) is 0 Å². The van der Waals surface area contributed by atoms with E-state index in [0.29, 0.717) is 18.5 Å². The molecule has 1 aliphatic heterocycles. The molecule has 1 aliphatic rings. The molecule has 1 saturated heterocycles. The van der Waals surface area contributed by atoms with Crippen molar-refractivity contribution in [3.05, 3.63) is 0 Å². The van der Waals surface area contributed by atoms with E-state index >= 15 is 0 Å². The molecule has 1 amide bonds. The Morgan fingerprint density at radius 1 is 1.53 bits per heavy atom. The van der Waals surface area contributed by atoms with Crippen LogP contribution in [0, 0.1) is 5.92 Å². The lowest BCUT2D eigenvalue weighted by molar-refractivity contribution is -0.125. The SMILES string of the molecule is CC(C)CC1CN(CC(C)N)CC(=O)N1. The van der Waals surface area contributed by atoms with Gasteiger partial charge in [0.1, 0.15) is 0 Å². The van der Waals surface area contributed by atoms with Crippen LogP contribution in [-0.4, -0.2) is 42.5 Å².